The summed E-state index contributed by atoms with van der Waals surface area (Å²) in [6.07, 6.45) is 2.75. The van der Waals surface area contributed by atoms with Crippen molar-refractivity contribution >= 4 is 15.9 Å². The van der Waals surface area contributed by atoms with E-state index in [1.165, 1.54) is 31.6 Å². The maximum absolute atomic E-state index is 11.8. The van der Waals surface area contributed by atoms with Crippen molar-refractivity contribution in [1.82, 2.24) is 9.29 Å². The highest BCUT2D eigenvalue weighted by molar-refractivity contribution is 7.89. The molecular formula is C8H12N4O2S. The van der Waals surface area contributed by atoms with Crippen LogP contribution in [0.5, 0.6) is 0 Å². The number of amidine groups is 1. The van der Waals surface area contributed by atoms with E-state index >= 15 is 0 Å². The largest absolute Gasteiger partial charge is 0.387 e. The Kier molecular flexibility index (Phi) is 3.38. The van der Waals surface area contributed by atoms with Gasteiger partial charge in [0.05, 0.1) is 6.54 Å². The second-order valence-corrected chi connectivity index (χ2v) is 5.02. The van der Waals surface area contributed by atoms with Gasteiger partial charge in [-0.05, 0) is 12.1 Å². The monoisotopic (exact) mass is 228 g/mol. The van der Waals surface area contributed by atoms with Crippen LogP contribution in [0.2, 0.25) is 0 Å². The van der Waals surface area contributed by atoms with Gasteiger partial charge >= 0.3 is 0 Å². The van der Waals surface area contributed by atoms with Gasteiger partial charge in [0.15, 0.2) is 0 Å². The van der Waals surface area contributed by atoms with Crippen LogP contribution in [-0.4, -0.2) is 37.1 Å². The van der Waals surface area contributed by atoms with E-state index in [1.54, 1.807) is 0 Å². The van der Waals surface area contributed by atoms with E-state index in [4.69, 9.17) is 11.1 Å². The molecule has 0 aromatic carbocycles. The molecule has 0 saturated heterocycles. The van der Waals surface area contributed by atoms with Gasteiger partial charge in [-0.1, -0.05) is 0 Å². The molecule has 0 aliphatic rings. The van der Waals surface area contributed by atoms with Crippen molar-refractivity contribution in [3.63, 3.8) is 0 Å². The fourth-order valence-electron chi connectivity index (χ4n) is 1.00. The van der Waals surface area contributed by atoms with Crippen molar-refractivity contribution in [2.45, 2.75) is 4.90 Å². The molecule has 1 aromatic rings. The van der Waals surface area contributed by atoms with Gasteiger partial charge in [0.1, 0.15) is 10.7 Å². The average molecular weight is 228 g/mol. The molecule has 0 fully saturated rings. The lowest BCUT2D eigenvalue weighted by molar-refractivity contribution is 0.504. The Labute approximate surface area is 88.3 Å². The number of sulfonamides is 1. The van der Waals surface area contributed by atoms with E-state index in [-0.39, 0.29) is 17.3 Å². The number of aromatic nitrogens is 1. The molecule has 0 radical (unpaired) electrons. The number of nitrogens with zero attached hydrogens (tertiary/aromatic N) is 2. The molecule has 1 rings (SSSR count). The Hall–Kier alpha value is -1.47. The first-order chi connectivity index (χ1) is 6.94. The van der Waals surface area contributed by atoms with Crippen molar-refractivity contribution in [3.05, 3.63) is 24.5 Å². The maximum atomic E-state index is 11.8. The molecule has 0 aliphatic heterocycles. The molecule has 0 aliphatic carbocycles. The zero-order chi connectivity index (χ0) is 11.5. The van der Waals surface area contributed by atoms with Crippen molar-refractivity contribution in [3.8, 4) is 0 Å². The molecule has 82 valence electrons. The zero-order valence-electron chi connectivity index (χ0n) is 8.21. The minimum atomic E-state index is -3.58. The van der Waals surface area contributed by atoms with Crippen molar-refractivity contribution in [2.24, 2.45) is 5.73 Å². The van der Waals surface area contributed by atoms with E-state index in [1.807, 2.05) is 0 Å². The van der Waals surface area contributed by atoms with Crippen molar-refractivity contribution in [2.75, 3.05) is 13.6 Å². The summed E-state index contributed by atoms with van der Waals surface area (Å²) in [4.78, 5) is 3.81. The van der Waals surface area contributed by atoms with Crippen molar-refractivity contribution in [1.29, 1.82) is 5.41 Å². The van der Waals surface area contributed by atoms with Gasteiger partial charge in [0.25, 0.3) is 0 Å². The molecule has 0 bridgehead atoms. The van der Waals surface area contributed by atoms with E-state index in [2.05, 4.69) is 4.98 Å². The van der Waals surface area contributed by atoms with Crippen LogP contribution in [0.25, 0.3) is 0 Å². The summed E-state index contributed by atoms with van der Waals surface area (Å²) in [5.41, 5.74) is 5.13. The summed E-state index contributed by atoms with van der Waals surface area (Å²) >= 11 is 0. The molecule has 7 heteroatoms. The highest BCUT2D eigenvalue weighted by Gasteiger charge is 2.20. The standard InChI is InChI=1S/C8H12N4O2S/c1-12(6-8(9)10)15(13,14)7-3-2-4-11-5-7/h2-5H,6H2,1H3,(H3,9,10). The molecule has 15 heavy (non-hydrogen) atoms. The molecule has 1 aromatic heterocycles. The Morgan fingerprint density at radius 3 is 2.80 bits per heavy atom. The number of likely N-dealkylation sites (N-methyl/N-ethyl adjacent to an activating group) is 1. The van der Waals surface area contributed by atoms with E-state index in [0.29, 0.717) is 0 Å². The van der Waals surface area contributed by atoms with Crippen LogP contribution in [-0.2, 0) is 10.0 Å². The second-order valence-electron chi connectivity index (χ2n) is 2.98. The van der Waals surface area contributed by atoms with Gasteiger partial charge in [-0.3, -0.25) is 10.4 Å². The van der Waals surface area contributed by atoms with E-state index in [9.17, 15) is 8.42 Å². The quantitative estimate of drug-likeness (QED) is 0.542. The predicted octanol–water partition coefficient (Wildman–Crippen LogP) is -0.362. The molecule has 0 amide bonds. The maximum Gasteiger partial charge on any atom is 0.244 e. The van der Waals surface area contributed by atoms with Crippen LogP contribution in [0.4, 0.5) is 0 Å². The Balaban J connectivity index is 2.99. The lowest BCUT2D eigenvalue weighted by atomic mass is 10.5. The number of nitrogens with one attached hydrogen (secondary N) is 1. The van der Waals surface area contributed by atoms with Crippen LogP contribution in [0, 0.1) is 5.41 Å². The summed E-state index contributed by atoms with van der Waals surface area (Å²) in [6, 6.07) is 2.98. The highest BCUT2D eigenvalue weighted by Crippen LogP contribution is 2.11. The molecule has 0 spiro atoms. The lowest BCUT2D eigenvalue weighted by Crippen LogP contribution is -2.35. The summed E-state index contributed by atoms with van der Waals surface area (Å²) in [5.74, 6) is -0.204. The summed E-state index contributed by atoms with van der Waals surface area (Å²) in [7, 11) is -2.22. The van der Waals surface area contributed by atoms with Gasteiger partial charge in [-0.25, -0.2) is 8.42 Å². The molecule has 1 heterocycles. The number of pyridine rings is 1. The third-order valence-corrected chi connectivity index (χ3v) is 3.52. The topological polar surface area (TPSA) is 100 Å². The molecule has 0 unspecified atom stereocenters. The van der Waals surface area contributed by atoms with Gasteiger partial charge in [-0.2, -0.15) is 4.31 Å². The first-order valence-corrected chi connectivity index (χ1v) is 5.58. The van der Waals surface area contributed by atoms with Gasteiger partial charge in [-0.15, -0.1) is 0 Å². The predicted molar refractivity (Wildman–Crippen MR) is 56.0 cm³/mol. The Morgan fingerprint density at radius 1 is 1.67 bits per heavy atom. The summed E-state index contributed by atoms with van der Waals surface area (Å²) < 4.78 is 24.6. The SMILES string of the molecule is CN(CC(=N)N)S(=O)(=O)c1cccnc1. The third kappa shape index (κ3) is 2.74. The van der Waals surface area contributed by atoms with Gasteiger partial charge in [0, 0.05) is 19.4 Å². The van der Waals surface area contributed by atoms with Crippen LogP contribution < -0.4 is 5.73 Å². The van der Waals surface area contributed by atoms with Crippen LogP contribution in [0.3, 0.4) is 0 Å². The average Bonchev–Trinajstić information content (AvgIpc) is 2.18. The van der Waals surface area contributed by atoms with Crippen LogP contribution in [0.1, 0.15) is 0 Å². The minimum Gasteiger partial charge on any atom is -0.387 e. The molecule has 6 nitrogen and oxygen atoms in total. The van der Waals surface area contributed by atoms with E-state index in [0.717, 1.165) is 4.31 Å². The molecular weight excluding hydrogens is 216 g/mol. The van der Waals surface area contributed by atoms with Gasteiger partial charge in [0.2, 0.25) is 10.0 Å². The molecule has 3 N–H and O–H groups in total. The third-order valence-electron chi connectivity index (χ3n) is 1.74. The first kappa shape index (κ1) is 11.6. The molecule has 0 atom stereocenters. The fraction of sp³-hybridized carbons (Fsp3) is 0.250. The van der Waals surface area contributed by atoms with Crippen LogP contribution >= 0.6 is 0 Å². The van der Waals surface area contributed by atoms with Gasteiger partial charge < -0.3 is 5.73 Å². The normalized spacial score (nSPS) is 11.6. The summed E-state index contributed by atoms with van der Waals surface area (Å²) in [6.45, 7) is -0.128. The zero-order valence-corrected chi connectivity index (χ0v) is 9.03. The Morgan fingerprint density at radius 2 is 2.33 bits per heavy atom. The van der Waals surface area contributed by atoms with Crippen LogP contribution in [0.15, 0.2) is 29.4 Å². The smallest absolute Gasteiger partial charge is 0.244 e. The van der Waals surface area contributed by atoms with E-state index < -0.39 is 10.0 Å². The summed E-state index contributed by atoms with van der Waals surface area (Å²) in [5, 5.41) is 7.02. The lowest BCUT2D eigenvalue weighted by Gasteiger charge is -2.15. The first-order valence-electron chi connectivity index (χ1n) is 4.14. The van der Waals surface area contributed by atoms with Crippen molar-refractivity contribution < 1.29 is 8.42 Å². The fourth-order valence-corrected chi connectivity index (χ4v) is 2.12. The highest BCUT2D eigenvalue weighted by atomic mass is 32.2. The Bertz CT molecular complexity index is 443. The minimum absolute atomic E-state index is 0.0914. The number of hydrogen-bond donors (Lipinski definition) is 2. The molecule has 0 saturated carbocycles. The second kappa shape index (κ2) is 4.37. The number of nitrogens with two attached hydrogens (primary N) is 1. The number of rotatable bonds is 4. The number of hydrogen-bond acceptors (Lipinski definition) is 4.